The third kappa shape index (κ3) is 2.70. The Morgan fingerprint density at radius 2 is 2.25 bits per heavy atom. The first-order chi connectivity index (χ1) is 7.77. The van der Waals surface area contributed by atoms with E-state index in [1.807, 2.05) is 0 Å². The number of nitrogens with one attached hydrogen (secondary N) is 1. The van der Waals surface area contributed by atoms with E-state index in [0.717, 1.165) is 19.4 Å². The number of hydrogen-bond acceptors (Lipinski definition) is 3. The Morgan fingerprint density at radius 3 is 3.00 bits per heavy atom. The fourth-order valence-corrected chi connectivity index (χ4v) is 2.23. The molecule has 1 aromatic rings. The molecular formula is C12H18FN3. The first-order valence-corrected chi connectivity index (χ1v) is 5.87. The molecule has 4 heteroatoms. The highest BCUT2D eigenvalue weighted by molar-refractivity contribution is 5.35. The van der Waals surface area contributed by atoms with Gasteiger partial charge in [-0.3, -0.25) is 0 Å². The Kier molecular flexibility index (Phi) is 3.72. The van der Waals surface area contributed by atoms with Crippen molar-refractivity contribution in [1.29, 1.82) is 0 Å². The number of halogens is 1. The molecule has 2 atom stereocenters. The fraction of sp³-hybridized carbons (Fsp3) is 0.583. The first kappa shape index (κ1) is 11.3. The van der Waals surface area contributed by atoms with Crippen molar-refractivity contribution in [2.24, 2.45) is 11.7 Å². The molecular weight excluding hydrogens is 205 g/mol. The number of nitrogens with zero attached hydrogens (tertiary/aromatic N) is 1. The minimum absolute atomic E-state index is 0.244. The van der Waals surface area contributed by atoms with Crippen LogP contribution in [0.3, 0.4) is 0 Å². The lowest BCUT2D eigenvalue weighted by atomic mass is 9.85. The molecule has 88 valence electrons. The molecule has 0 aliphatic heterocycles. The standard InChI is InChI=1S/C12H18FN3/c13-10-5-3-7-15-12(10)16-8-9-4-1-2-6-11(9)14/h3,5,7,9,11H,1-2,4,6,8,14H2,(H,15,16). The minimum atomic E-state index is -0.299. The number of hydrogen-bond donors (Lipinski definition) is 2. The van der Waals surface area contributed by atoms with Gasteiger partial charge in [0.1, 0.15) is 0 Å². The lowest BCUT2D eigenvalue weighted by Crippen LogP contribution is -2.37. The molecule has 1 heterocycles. The molecule has 3 nitrogen and oxygen atoms in total. The minimum Gasteiger partial charge on any atom is -0.367 e. The summed E-state index contributed by atoms with van der Waals surface area (Å²) < 4.78 is 13.3. The number of nitrogens with two attached hydrogens (primary N) is 1. The Bertz CT molecular complexity index is 343. The summed E-state index contributed by atoms with van der Waals surface area (Å²) in [5.41, 5.74) is 6.03. The van der Waals surface area contributed by atoms with Crippen molar-refractivity contribution < 1.29 is 4.39 Å². The highest BCUT2D eigenvalue weighted by Crippen LogP contribution is 2.23. The maximum absolute atomic E-state index is 13.3. The Morgan fingerprint density at radius 1 is 1.44 bits per heavy atom. The zero-order chi connectivity index (χ0) is 11.4. The highest BCUT2D eigenvalue weighted by atomic mass is 19.1. The van der Waals surface area contributed by atoms with Crippen LogP contribution in [0.25, 0.3) is 0 Å². The molecule has 0 bridgehead atoms. The smallest absolute Gasteiger partial charge is 0.165 e. The summed E-state index contributed by atoms with van der Waals surface area (Å²) in [5.74, 6) is 0.474. The summed E-state index contributed by atoms with van der Waals surface area (Å²) in [6, 6.07) is 3.25. The van der Waals surface area contributed by atoms with Crippen LogP contribution in [-0.2, 0) is 0 Å². The predicted molar refractivity (Wildman–Crippen MR) is 62.6 cm³/mol. The molecule has 1 saturated carbocycles. The van der Waals surface area contributed by atoms with Gasteiger partial charge in [-0.2, -0.15) is 0 Å². The van der Waals surface area contributed by atoms with Crippen LogP contribution in [0.1, 0.15) is 25.7 Å². The van der Waals surface area contributed by atoms with E-state index in [9.17, 15) is 4.39 Å². The van der Waals surface area contributed by atoms with Gasteiger partial charge in [0.2, 0.25) is 0 Å². The van der Waals surface area contributed by atoms with Crippen LogP contribution in [-0.4, -0.2) is 17.6 Å². The van der Waals surface area contributed by atoms with Crippen LogP contribution in [0.4, 0.5) is 10.2 Å². The summed E-state index contributed by atoms with van der Waals surface area (Å²) in [6.07, 6.45) is 6.24. The predicted octanol–water partition coefficient (Wildman–Crippen LogP) is 2.15. The topological polar surface area (TPSA) is 50.9 Å². The Hall–Kier alpha value is -1.16. The van der Waals surface area contributed by atoms with E-state index in [-0.39, 0.29) is 11.9 Å². The van der Waals surface area contributed by atoms with Gasteiger partial charge in [0, 0.05) is 18.8 Å². The molecule has 1 aliphatic rings. The summed E-state index contributed by atoms with van der Waals surface area (Å²) >= 11 is 0. The van der Waals surface area contributed by atoms with Gasteiger partial charge in [-0.05, 0) is 30.9 Å². The van der Waals surface area contributed by atoms with Gasteiger partial charge in [-0.15, -0.1) is 0 Å². The van der Waals surface area contributed by atoms with Crippen molar-refractivity contribution in [2.45, 2.75) is 31.7 Å². The second kappa shape index (κ2) is 5.25. The lowest BCUT2D eigenvalue weighted by Gasteiger charge is -2.28. The third-order valence-corrected chi connectivity index (χ3v) is 3.26. The van der Waals surface area contributed by atoms with E-state index in [1.165, 1.54) is 18.9 Å². The SMILES string of the molecule is NC1CCCCC1CNc1ncccc1F. The van der Waals surface area contributed by atoms with Crippen molar-refractivity contribution in [3.63, 3.8) is 0 Å². The van der Waals surface area contributed by atoms with Crippen molar-refractivity contribution >= 4 is 5.82 Å². The molecule has 0 spiro atoms. The van der Waals surface area contributed by atoms with E-state index < -0.39 is 0 Å². The summed E-state index contributed by atoms with van der Waals surface area (Å²) in [5, 5.41) is 3.05. The second-order valence-corrected chi connectivity index (χ2v) is 4.42. The molecule has 0 radical (unpaired) electrons. The van der Waals surface area contributed by atoms with Crippen LogP contribution in [0, 0.1) is 11.7 Å². The van der Waals surface area contributed by atoms with Gasteiger partial charge in [-0.1, -0.05) is 12.8 Å². The first-order valence-electron chi connectivity index (χ1n) is 5.87. The molecule has 1 aromatic heterocycles. The molecule has 3 N–H and O–H groups in total. The van der Waals surface area contributed by atoms with Crippen molar-refractivity contribution in [2.75, 3.05) is 11.9 Å². The van der Waals surface area contributed by atoms with E-state index in [1.54, 1.807) is 12.3 Å². The largest absolute Gasteiger partial charge is 0.367 e. The van der Waals surface area contributed by atoms with Crippen LogP contribution >= 0.6 is 0 Å². The fourth-order valence-electron chi connectivity index (χ4n) is 2.23. The van der Waals surface area contributed by atoms with Gasteiger partial charge in [0.25, 0.3) is 0 Å². The number of rotatable bonds is 3. The molecule has 1 aliphatic carbocycles. The normalized spacial score (nSPS) is 25.4. The zero-order valence-corrected chi connectivity index (χ0v) is 9.32. The van der Waals surface area contributed by atoms with Crippen molar-refractivity contribution in [1.82, 2.24) is 4.98 Å². The quantitative estimate of drug-likeness (QED) is 0.825. The number of pyridine rings is 1. The summed E-state index contributed by atoms with van der Waals surface area (Å²) in [4.78, 5) is 3.96. The van der Waals surface area contributed by atoms with Crippen LogP contribution in [0.5, 0.6) is 0 Å². The lowest BCUT2D eigenvalue weighted by molar-refractivity contribution is 0.321. The van der Waals surface area contributed by atoms with E-state index in [4.69, 9.17) is 5.73 Å². The average molecular weight is 223 g/mol. The molecule has 1 fully saturated rings. The molecule has 0 saturated heterocycles. The maximum Gasteiger partial charge on any atom is 0.165 e. The summed E-state index contributed by atoms with van der Waals surface area (Å²) in [7, 11) is 0. The van der Waals surface area contributed by atoms with Crippen LogP contribution < -0.4 is 11.1 Å². The van der Waals surface area contributed by atoms with E-state index in [2.05, 4.69) is 10.3 Å². The van der Waals surface area contributed by atoms with Crippen LogP contribution in [0.15, 0.2) is 18.3 Å². The van der Waals surface area contributed by atoms with Crippen molar-refractivity contribution in [3.05, 3.63) is 24.1 Å². The molecule has 16 heavy (non-hydrogen) atoms. The molecule has 0 aromatic carbocycles. The Balaban J connectivity index is 1.89. The number of aromatic nitrogens is 1. The zero-order valence-electron chi connectivity index (χ0n) is 9.32. The Labute approximate surface area is 95.3 Å². The maximum atomic E-state index is 13.3. The monoisotopic (exact) mass is 223 g/mol. The summed E-state index contributed by atoms with van der Waals surface area (Å²) in [6.45, 7) is 0.717. The van der Waals surface area contributed by atoms with Gasteiger partial charge < -0.3 is 11.1 Å². The molecule has 2 rings (SSSR count). The van der Waals surface area contributed by atoms with Gasteiger partial charge in [-0.25, -0.2) is 9.37 Å². The van der Waals surface area contributed by atoms with E-state index >= 15 is 0 Å². The van der Waals surface area contributed by atoms with Gasteiger partial charge >= 0.3 is 0 Å². The third-order valence-electron chi connectivity index (χ3n) is 3.26. The van der Waals surface area contributed by atoms with Gasteiger partial charge in [0.05, 0.1) is 0 Å². The van der Waals surface area contributed by atoms with Crippen LogP contribution in [0.2, 0.25) is 0 Å². The number of anilines is 1. The van der Waals surface area contributed by atoms with Gasteiger partial charge in [0.15, 0.2) is 11.6 Å². The highest BCUT2D eigenvalue weighted by Gasteiger charge is 2.21. The average Bonchev–Trinajstić information content (AvgIpc) is 2.30. The van der Waals surface area contributed by atoms with E-state index in [0.29, 0.717) is 11.7 Å². The van der Waals surface area contributed by atoms with Crippen molar-refractivity contribution in [3.8, 4) is 0 Å². The molecule has 0 amide bonds. The molecule has 2 unspecified atom stereocenters. The second-order valence-electron chi connectivity index (χ2n) is 4.42.